The summed E-state index contributed by atoms with van der Waals surface area (Å²) in [6, 6.07) is 9.26. The first-order chi connectivity index (χ1) is 8.95. The highest BCUT2D eigenvalue weighted by molar-refractivity contribution is 7.88. The molecule has 1 aliphatic rings. The van der Waals surface area contributed by atoms with E-state index in [2.05, 4.69) is 5.32 Å². The van der Waals surface area contributed by atoms with Gasteiger partial charge in [-0.2, -0.15) is 0 Å². The molecule has 1 fully saturated rings. The molecule has 6 heteroatoms. The summed E-state index contributed by atoms with van der Waals surface area (Å²) in [5.74, 6) is 0.0463. The van der Waals surface area contributed by atoms with Gasteiger partial charge in [0, 0.05) is 25.2 Å². The van der Waals surface area contributed by atoms with Crippen LogP contribution in [0.25, 0.3) is 0 Å². The van der Waals surface area contributed by atoms with Gasteiger partial charge in [-0.3, -0.25) is 4.79 Å². The molecule has 0 radical (unpaired) electrons. The highest BCUT2D eigenvalue weighted by atomic mass is 32.2. The number of para-hydroxylation sites is 1. The Bertz CT molecular complexity index is 542. The van der Waals surface area contributed by atoms with E-state index in [1.165, 1.54) is 10.6 Å². The van der Waals surface area contributed by atoms with Gasteiger partial charge in [-0.15, -0.1) is 0 Å². The standard InChI is InChI=1S/C13H18N2O3S/c1-19(17,18)15-8-7-11(10-15)9-13(16)14-12-5-3-2-4-6-12/h2-6,11H,7-10H2,1H3,(H,14,16)/t11-/m1/s1. The van der Waals surface area contributed by atoms with E-state index in [4.69, 9.17) is 0 Å². The molecule has 104 valence electrons. The molecule has 19 heavy (non-hydrogen) atoms. The predicted octanol–water partition coefficient (Wildman–Crippen LogP) is 1.30. The van der Waals surface area contributed by atoms with Crippen molar-refractivity contribution in [1.82, 2.24) is 4.31 Å². The maximum Gasteiger partial charge on any atom is 0.224 e. The number of nitrogens with zero attached hydrogens (tertiary/aromatic N) is 1. The van der Waals surface area contributed by atoms with E-state index in [9.17, 15) is 13.2 Å². The van der Waals surface area contributed by atoms with Gasteiger partial charge in [-0.25, -0.2) is 12.7 Å². The number of nitrogens with one attached hydrogen (secondary N) is 1. The van der Waals surface area contributed by atoms with Crippen LogP contribution in [-0.4, -0.2) is 38.0 Å². The summed E-state index contributed by atoms with van der Waals surface area (Å²) in [6.07, 6.45) is 2.32. The minimum Gasteiger partial charge on any atom is -0.326 e. The lowest BCUT2D eigenvalue weighted by Gasteiger charge is -2.13. The van der Waals surface area contributed by atoms with Crippen LogP contribution >= 0.6 is 0 Å². The molecule has 1 amide bonds. The molecule has 1 aromatic carbocycles. The summed E-state index contributed by atoms with van der Waals surface area (Å²) in [5.41, 5.74) is 0.769. The largest absolute Gasteiger partial charge is 0.326 e. The second-order valence-electron chi connectivity index (χ2n) is 4.89. The maximum atomic E-state index is 11.8. The Kier molecular flexibility index (Phi) is 4.21. The number of carbonyl (C=O) groups is 1. The van der Waals surface area contributed by atoms with Gasteiger partial charge in [0.15, 0.2) is 0 Å². The molecule has 1 atom stereocenters. The molecule has 1 aromatic rings. The molecule has 0 bridgehead atoms. The van der Waals surface area contributed by atoms with Crippen LogP contribution in [-0.2, 0) is 14.8 Å². The molecule has 5 nitrogen and oxygen atoms in total. The molecule has 0 aromatic heterocycles. The minimum atomic E-state index is -3.13. The van der Waals surface area contributed by atoms with E-state index >= 15 is 0 Å². The van der Waals surface area contributed by atoms with E-state index in [1.54, 1.807) is 0 Å². The van der Waals surface area contributed by atoms with E-state index < -0.39 is 10.0 Å². The third kappa shape index (κ3) is 4.04. The zero-order valence-electron chi connectivity index (χ0n) is 10.9. The number of amides is 1. The topological polar surface area (TPSA) is 66.5 Å². The molecule has 0 aliphatic carbocycles. The molecule has 1 heterocycles. The van der Waals surface area contributed by atoms with Crippen molar-refractivity contribution in [2.45, 2.75) is 12.8 Å². The van der Waals surface area contributed by atoms with Crippen LogP contribution in [0.1, 0.15) is 12.8 Å². The number of hydrogen-bond donors (Lipinski definition) is 1. The fourth-order valence-electron chi connectivity index (χ4n) is 2.26. The maximum absolute atomic E-state index is 11.8. The van der Waals surface area contributed by atoms with E-state index in [-0.39, 0.29) is 11.8 Å². The number of sulfonamides is 1. The summed E-state index contributed by atoms with van der Waals surface area (Å²) in [6.45, 7) is 0.961. The van der Waals surface area contributed by atoms with Crippen LogP contribution < -0.4 is 5.32 Å². The number of rotatable bonds is 4. The number of anilines is 1. The van der Waals surface area contributed by atoms with Gasteiger partial charge in [-0.1, -0.05) is 18.2 Å². The van der Waals surface area contributed by atoms with Gasteiger partial charge < -0.3 is 5.32 Å². The molecule has 2 rings (SSSR count). The average Bonchev–Trinajstić information content (AvgIpc) is 2.78. The first kappa shape index (κ1) is 14.0. The monoisotopic (exact) mass is 282 g/mol. The van der Waals surface area contributed by atoms with Crippen LogP contribution in [0.5, 0.6) is 0 Å². The lowest BCUT2D eigenvalue weighted by atomic mass is 10.0. The van der Waals surface area contributed by atoms with Crippen molar-refractivity contribution in [3.63, 3.8) is 0 Å². The van der Waals surface area contributed by atoms with Crippen molar-refractivity contribution in [1.29, 1.82) is 0 Å². The quantitative estimate of drug-likeness (QED) is 0.905. The molecular weight excluding hydrogens is 264 g/mol. The highest BCUT2D eigenvalue weighted by Gasteiger charge is 2.29. The van der Waals surface area contributed by atoms with Crippen molar-refractivity contribution in [3.8, 4) is 0 Å². The predicted molar refractivity (Wildman–Crippen MR) is 74.2 cm³/mol. The molecule has 1 aliphatic heterocycles. The fourth-order valence-corrected chi connectivity index (χ4v) is 3.18. The highest BCUT2D eigenvalue weighted by Crippen LogP contribution is 2.22. The van der Waals surface area contributed by atoms with Gasteiger partial charge >= 0.3 is 0 Å². The van der Waals surface area contributed by atoms with Crippen LogP contribution in [0.4, 0.5) is 5.69 Å². The summed E-state index contributed by atoms with van der Waals surface area (Å²) < 4.78 is 24.2. The Labute approximate surface area is 113 Å². The molecule has 0 unspecified atom stereocenters. The van der Waals surface area contributed by atoms with Crippen LogP contribution in [0.2, 0.25) is 0 Å². The smallest absolute Gasteiger partial charge is 0.224 e. The van der Waals surface area contributed by atoms with Crippen molar-refractivity contribution in [3.05, 3.63) is 30.3 Å². The fraction of sp³-hybridized carbons (Fsp3) is 0.462. The minimum absolute atomic E-state index is 0.0634. The number of carbonyl (C=O) groups excluding carboxylic acids is 1. The summed E-state index contributed by atoms with van der Waals surface area (Å²) in [7, 11) is -3.13. The molecule has 0 saturated carbocycles. The van der Waals surface area contributed by atoms with Crippen LogP contribution in [0, 0.1) is 5.92 Å². The Morgan fingerprint density at radius 1 is 1.37 bits per heavy atom. The van der Waals surface area contributed by atoms with Crippen molar-refractivity contribution in [2.75, 3.05) is 24.7 Å². The van der Waals surface area contributed by atoms with E-state index in [1.807, 2.05) is 30.3 Å². The molecule has 0 spiro atoms. The molecule has 1 saturated heterocycles. The average molecular weight is 282 g/mol. The lowest BCUT2D eigenvalue weighted by Crippen LogP contribution is -2.28. The number of benzene rings is 1. The zero-order valence-corrected chi connectivity index (χ0v) is 11.7. The number of hydrogen-bond acceptors (Lipinski definition) is 3. The summed E-state index contributed by atoms with van der Waals surface area (Å²) >= 11 is 0. The zero-order chi connectivity index (χ0) is 13.9. The van der Waals surface area contributed by atoms with Crippen LogP contribution in [0.15, 0.2) is 30.3 Å². The van der Waals surface area contributed by atoms with Gasteiger partial charge in [0.1, 0.15) is 0 Å². The van der Waals surface area contributed by atoms with E-state index in [0.29, 0.717) is 19.5 Å². The Morgan fingerprint density at radius 3 is 2.63 bits per heavy atom. The van der Waals surface area contributed by atoms with Gasteiger partial charge in [0.25, 0.3) is 0 Å². The van der Waals surface area contributed by atoms with E-state index in [0.717, 1.165) is 12.1 Å². The first-order valence-corrected chi connectivity index (χ1v) is 8.10. The van der Waals surface area contributed by atoms with Crippen molar-refractivity contribution < 1.29 is 13.2 Å². The van der Waals surface area contributed by atoms with Gasteiger partial charge in [0.05, 0.1) is 6.26 Å². The second kappa shape index (κ2) is 5.71. The van der Waals surface area contributed by atoms with Gasteiger partial charge in [0.2, 0.25) is 15.9 Å². The Hall–Kier alpha value is -1.40. The molecular formula is C13H18N2O3S. The Balaban J connectivity index is 1.84. The van der Waals surface area contributed by atoms with Crippen molar-refractivity contribution >= 4 is 21.6 Å². The normalized spacial score (nSPS) is 20.4. The van der Waals surface area contributed by atoms with Crippen LogP contribution in [0.3, 0.4) is 0 Å². The summed E-state index contributed by atoms with van der Waals surface area (Å²) in [5, 5.41) is 2.82. The lowest BCUT2D eigenvalue weighted by molar-refractivity contribution is -0.117. The SMILES string of the molecule is CS(=O)(=O)N1CC[C@H](CC(=O)Nc2ccccc2)C1. The third-order valence-corrected chi connectivity index (χ3v) is 4.52. The third-order valence-electron chi connectivity index (χ3n) is 3.25. The Morgan fingerprint density at radius 2 is 2.05 bits per heavy atom. The second-order valence-corrected chi connectivity index (χ2v) is 6.88. The summed E-state index contributed by atoms with van der Waals surface area (Å²) in [4.78, 5) is 11.8. The van der Waals surface area contributed by atoms with Gasteiger partial charge in [-0.05, 0) is 24.5 Å². The molecule has 1 N–H and O–H groups in total. The van der Waals surface area contributed by atoms with Crippen molar-refractivity contribution in [2.24, 2.45) is 5.92 Å². The first-order valence-electron chi connectivity index (χ1n) is 6.25.